The van der Waals surface area contributed by atoms with Crippen LogP contribution in [-0.4, -0.2) is 23.3 Å². The molecule has 0 amide bonds. The summed E-state index contributed by atoms with van der Waals surface area (Å²) in [6.07, 6.45) is 0.533. The lowest BCUT2D eigenvalue weighted by Gasteiger charge is -2.21. The highest BCUT2D eigenvalue weighted by Gasteiger charge is 2.24. The average Bonchev–Trinajstić information content (AvgIpc) is 2.35. The highest BCUT2D eigenvalue weighted by Crippen LogP contribution is 2.27. The van der Waals surface area contributed by atoms with Gasteiger partial charge in [0.2, 0.25) is 0 Å². The number of halogens is 2. The molecule has 0 heterocycles. The van der Waals surface area contributed by atoms with E-state index in [0.29, 0.717) is 6.42 Å². The van der Waals surface area contributed by atoms with Gasteiger partial charge in [0.25, 0.3) is 5.92 Å². The lowest BCUT2D eigenvalue weighted by atomic mass is 9.95. The summed E-state index contributed by atoms with van der Waals surface area (Å²) < 4.78 is 31.5. The van der Waals surface area contributed by atoms with Crippen molar-refractivity contribution in [1.82, 2.24) is 0 Å². The molecule has 1 aromatic carbocycles. The number of carbonyl (C=O) groups is 1. The quantitative estimate of drug-likeness (QED) is 0.815. The Bertz CT molecular complexity index is 484. The Labute approximate surface area is 130 Å². The Hall–Kier alpha value is -1.49. The Kier molecular flexibility index (Phi) is 6.06. The van der Waals surface area contributed by atoms with E-state index < -0.39 is 11.5 Å². The molecule has 0 aromatic heterocycles. The molecular weight excluding hydrogens is 290 g/mol. The first-order valence-electron chi connectivity index (χ1n) is 7.31. The topological polar surface area (TPSA) is 46.5 Å². The Morgan fingerprint density at radius 2 is 1.73 bits per heavy atom. The Balaban J connectivity index is 2.65. The molecule has 5 heteroatoms. The molecule has 0 radical (unpaired) electrons. The van der Waals surface area contributed by atoms with Crippen LogP contribution >= 0.6 is 0 Å². The standard InChI is InChI=1S/C17H24F2O3/c1-16(2,3)22-15(21)10-13(11-20)9-12-5-7-14(8-6-12)17(4,18)19/h5-8,13,20H,9-11H2,1-4H3/t13-/m1/s1. The zero-order valence-corrected chi connectivity index (χ0v) is 13.5. The molecule has 124 valence electrons. The van der Waals surface area contributed by atoms with Gasteiger partial charge >= 0.3 is 5.97 Å². The molecule has 0 unspecified atom stereocenters. The molecule has 3 nitrogen and oxygen atoms in total. The van der Waals surface area contributed by atoms with Gasteiger partial charge < -0.3 is 9.84 Å². The Morgan fingerprint density at radius 1 is 1.18 bits per heavy atom. The van der Waals surface area contributed by atoms with Crippen molar-refractivity contribution >= 4 is 5.97 Å². The predicted octanol–water partition coefficient (Wildman–Crippen LogP) is 3.68. The van der Waals surface area contributed by atoms with Gasteiger partial charge in [-0.1, -0.05) is 24.3 Å². The van der Waals surface area contributed by atoms with Crippen LogP contribution in [0, 0.1) is 5.92 Å². The van der Waals surface area contributed by atoms with Gasteiger partial charge in [-0.2, -0.15) is 0 Å². The van der Waals surface area contributed by atoms with Crippen molar-refractivity contribution in [2.75, 3.05) is 6.61 Å². The third-order valence-corrected chi connectivity index (χ3v) is 3.12. The van der Waals surface area contributed by atoms with Crippen molar-refractivity contribution in [3.8, 4) is 0 Å². The van der Waals surface area contributed by atoms with E-state index in [1.165, 1.54) is 12.1 Å². The highest BCUT2D eigenvalue weighted by atomic mass is 19.3. The molecule has 1 atom stereocenters. The Morgan fingerprint density at radius 3 is 2.14 bits per heavy atom. The molecule has 0 saturated heterocycles. The second kappa shape index (κ2) is 7.18. The second-order valence-electron chi connectivity index (χ2n) is 6.63. The second-order valence-corrected chi connectivity index (χ2v) is 6.63. The van der Waals surface area contributed by atoms with Crippen molar-refractivity contribution < 1.29 is 23.4 Å². The summed E-state index contributed by atoms with van der Waals surface area (Å²) in [6.45, 7) is 6.03. The molecule has 0 spiro atoms. The maximum atomic E-state index is 13.1. The largest absolute Gasteiger partial charge is 0.460 e. The first kappa shape index (κ1) is 18.6. The van der Waals surface area contributed by atoms with E-state index in [1.807, 2.05) is 0 Å². The van der Waals surface area contributed by atoms with Crippen molar-refractivity contribution in [3.63, 3.8) is 0 Å². The number of alkyl halides is 2. The van der Waals surface area contributed by atoms with Gasteiger partial charge in [0.1, 0.15) is 5.60 Å². The fraction of sp³-hybridized carbons (Fsp3) is 0.588. The van der Waals surface area contributed by atoms with Crippen molar-refractivity contribution in [1.29, 1.82) is 0 Å². The third kappa shape index (κ3) is 6.52. The van der Waals surface area contributed by atoms with Crippen LogP contribution in [-0.2, 0) is 21.9 Å². The van der Waals surface area contributed by atoms with Crippen LogP contribution in [0.1, 0.15) is 45.2 Å². The maximum absolute atomic E-state index is 13.1. The van der Waals surface area contributed by atoms with E-state index in [4.69, 9.17) is 4.74 Å². The van der Waals surface area contributed by atoms with Crippen LogP contribution in [0.5, 0.6) is 0 Å². The van der Waals surface area contributed by atoms with Gasteiger partial charge in [0.05, 0.1) is 6.42 Å². The summed E-state index contributed by atoms with van der Waals surface area (Å²) >= 11 is 0. The van der Waals surface area contributed by atoms with Crippen LogP contribution in [0.2, 0.25) is 0 Å². The minimum Gasteiger partial charge on any atom is -0.460 e. The molecule has 0 aliphatic rings. The van der Waals surface area contributed by atoms with Gasteiger partial charge in [-0.3, -0.25) is 4.79 Å². The summed E-state index contributed by atoms with van der Waals surface area (Å²) in [4.78, 5) is 11.8. The summed E-state index contributed by atoms with van der Waals surface area (Å²) in [5.74, 6) is -3.53. The van der Waals surface area contributed by atoms with Crippen molar-refractivity contribution in [2.45, 2.75) is 52.1 Å². The SMILES string of the molecule is CC(C)(C)OC(=O)C[C@H](CO)Cc1ccc(C(C)(F)F)cc1. The van der Waals surface area contributed by atoms with E-state index in [1.54, 1.807) is 32.9 Å². The zero-order chi connectivity index (χ0) is 17.0. The minimum atomic E-state index is -2.87. The fourth-order valence-corrected chi connectivity index (χ4v) is 2.09. The smallest absolute Gasteiger partial charge is 0.306 e. The number of ether oxygens (including phenoxy) is 1. The van der Waals surface area contributed by atoms with Gasteiger partial charge in [-0.05, 0) is 38.7 Å². The maximum Gasteiger partial charge on any atom is 0.306 e. The number of carbonyl (C=O) groups excluding carboxylic acids is 1. The molecule has 0 aliphatic heterocycles. The van der Waals surface area contributed by atoms with Gasteiger partial charge in [-0.15, -0.1) is 0 Å². The number of esters is 1. The molecule has 0 saturated carbocycles. The van der Waals surface area contributed by atoms with Crippen LogP contribution in [0.25, 0.3) is 0 Å². The molecular formula is C17H24F2O3. The van der Waals surface area contributed by atoms with Crippen LogP contribution in [0.15, 0.2) is 24.3 Å². The van der Waals surface area contributed by atoms with Crippen LogP contribution in [0.4, 0.5) is 8.78 Å². The van der Waals surface area contributed by atoms with Gasteiger partial charge in [0.15, 0.2) is 0 Å². The first-order valence-corrected chi connectivity index (χ1v) is 7.31. The molecule has 1 rings (SSSR count). The number of benzene rings is 1. The van der Waals surface area contributed by atoms with E-state index in [2.05, 4.69) is 0 Å². The first-order chi connectivity index (χ1) is 10.0. The molecule has 0 bridgehead atoms. The van der Waals surface area contributed by atoms with Crippen LogP contribution in [0.3, 0.4) is 0 Å². The molecule has 22 heavy (non-hydrogen) atoms. The lowest BCUT2D eigenvalue weighted by molar-refractivity contribution is -0.156. The molecule has 0 fully saturated rings. The van der Waals surface area contributed by atoms with Crippen molar-refractivity contribution in [2.24, 2.45) is 5.92 Å². The number of hydrogen-bond donors (Lipinski definition) is 1. The molecule has 0 aliphatic carbocycles. The number of aliphatic hydroxyl groups excluding tert-OH is 1. The van der Waals surface area contributed by atoms with Gasteiger partial charge in [-0.25, -0.2) is 8.78 Å². The minimum absolute atomic E-state index is 0.0519. The summed E-state index contributed by atoms with van der Waals surface area (Å²) in [6, 6.07) is 5.95. The predicted molar refractivity (Wildman–Crippen MR) is 80.8 cm³/mol. The lowest BCUT2D eigenvalue weighted by Crippen LogP contribution is -2.26. The van der Waals surface area contributed by atoms with E-state index in [0.717, 1.165) is 12.5 Å². The summed E-state index contributed by atoms with van der Waals surface area (Å²) in [7, 11) is 0. The van der Waals surface area contributed by atoms with Crippen LogP contribution < -0.4 is 0 Å². The average molecular weight is 314 g/mol. The number of rotatable bonds is 6. The summed E-state index contributed by atoms with van der Waals surface area (Å²) in [5.41, 5.74) is 0.186. The third-order valence-electron chi connectivity index (χ3n) is 3.12. The highest BCUT2D eigenvalue weighted by molar-refractivity contribution is 5.70. The van der Waals surface area contributed by atoms with E-state index >= 15 is 0 Å². The molecule has 1 N–H and O–H groups in total. The fourth-order valence-electron chi connectivity index (χ4n) is 2.09. The monoisotopic (exact) mass is 314 g/mol. The van der Waals surface area contributed by atoms with E-state index in [-0.39, 0.29) is 30.5 Å². The van der Waals surface area contributed by atoms with Gasteiger partial charge in [0, 0.05) is 19.1 Å². The number of hydrogen-bond acceptors (Lipinski definition) is 3. The summed E-state index contributed by atoms with van der Waals surface area (Å²) in [5, 5.41) is 9.39. The zero-order valence-electron chi connectivity index (χ0n) is 13.5. The number of aliphatic hydroxyl groups is 1. The normalized spacial score (nSPS) is 13.8. The van der Waals surface area contributed by atoms with E-state index in [9.17, 15) is 18.7 Å². The molecule has 1 aromatic rings. The van der Waals surface area contributed by atoms with Crippen molar-refractivity contribution in [3.05, 3.63) is 35.4 Å².